The fourth-order valence-corrected chi connectivity index (χ4v) is 2.23. The molecule has 0 amide bonds. The molecule has 0 aromatic heterocycles. The number of hydrogen-bond donors (Lipinski definition) is 2. The third kappa shape index (κ3) is 6.51. The van der Waals surface area contributed by atoms with Crippen molar-refractivity contribution in [2.24, 2.45) is 16.6 Å². The molecule has 17 heavy (non-hydrogen) atoms. The number of hydrogen-bond acceptors (Lipinski definition) is 2. The Balaban J connectivity index is 2.04. The van der Waals surface area contributed by atoms with Crippen molar-refractivity contribution in [2.45, 2.75) is 39.0 Å². The van der Waals surface area contributed by atoms with Crippen LogP contribution in [0.25, 0.3) is 0 Å². The molecule has 1 unspecified atom stereocenters. The first-order valence-electron chi connectivity index (χ1n) is 6.94. The first-order chi connectivity index (χ1) is 8.22. The molecular formula is C13H28N4. The number of likely N-dealkylation sites (tertiary alicyclic amines) is 1. The summed E-state index contributed by atoms with van der Waals surface area (Å²) < 4.78 is 0. The molecule has 4 nitrogen and oxygen atoms in total. The van der Waals surface area contributed by atoms with E-state index in [-0.39, 0.29) is 0 Å². The van der Waals surface area contributed by atoms with Gasteiger partial charge in [0.15, 0.2) is 5.96 Å². The van der Waals surface area contributed by atoms with Gasteiger partial charge in [-0.15, -0.1) is 0 Å². The first kappa shape index (κ1) is 14.3. The molecule has 0 spiro atoms. The summed E-state index contributed by atoms with van der Waals surface area (Å²) in [6.45, 7) is 6.41. The zero-order valence-corrected chi connectivity index (χ0v) is 11.4. The molecule has 0 bridgehead atoms. The van der Waals surface area contributed by atoms with Gasteiger partial charge in [-0.1, -0.05) is 26.2 Å². The van der Waals surface area contributed by atoms with Crippen molar-refractivity contribution in [1.82, 2.24) is 10.2 Å². The second-order valence-electron chi connectivity index (χ2n) is 5.13. The molecule has 0 aliphatic carbocycles. The second kappa shape index (κ2) is 8.34. The molecule has 3 N–H and O–H groups in total. The number of guanidine groups is 1. The topological polar surface area (TPSA) is 53.6 Å². The average Bonchev–Trinajstić information content (AvgIpc) is 2.72. The summed E-state index contributed by atoms with van der Waals surface area (Å²) in [5.74, 6) is 1.32. The SMILES string of the molecule is CCCCCCNC(N)=NCC1CCN(C)C1. The minimum atomic E-state index is 0.621. The van der Waals surface area contributed by atoms with Gasteiger partial charge in [-0.3, -0.25) is 4.99 Å². The van der Waals surface area contributed by atoms with Crippen LogP contribution in [-0.2, 0) is 0 Å². The normalized spacial score (nSPS) is 22.0. The fraction of sp³-hybridized carbons (Fsp3) is 0.923. The van der Waals surface area contributed by atoms with Crippen LogP contribution in [0.3, 0.4) is 0 Å². The van der Waals surface area contributed by atoms with Crippen LogP contribution < -0.4 is 11.1 Å². The lowest BCUT2D eigenvalue weighted by atomic mass is 10.1. The number of rotatable bonds is 7. The van der Waals surface area contributed by atoms with E-state index >= 15 is 0 Å². The van der Waals surface area contributed by atoms with E-state index in [1.165, 1.54) is 38.6 Å². The van der Waals surface area contributed by atoms with Gasteiger partial charge < -0.3 is 16.0 Å². The summed E-state index contributed by atoms with van der Waals surface area (Å²) in [5, 5.41) is 3.19. The van der Waals surface area contributed by atoms with E-state index in [1.807, 2.05) is 0 Å². The molecule has 0 saturated carbocycles. The van der Waals surface area contributed by atoms with Crippen LogP contribution in [0.4, 0.5) is 0 Å². The van der Waals surface area contributed by atoms with E-state index in [4.69, 9.17) is 5.73 Å². The highest BCUT2D eigenvalue weighted by atomic mass is 15.1. The predicted molar refractivity (Wildman–Crippen MR) is 74.2 cm³/mol. The molecule has 0 aromatic carbocycles. The van der Waals surface area contributed by atoms with Crippen LogP contribution in [0.2, 0.25) is 0 Å². The summed E-state index contributed by atoms with van der Waals surface area (Å²) in [5.41, 5.74) is 5.83. The third-order valence-corrected chi connectivity index (χ3v) is 3.35. The molecule has 0 radical (unpaired) electrons. The first-order valence-corrected chi connectivity index (χ1v) is 6.94. The number of nitrogens with two attached hydrogens (primary N) is 1. The maximum atomic E-state index is 5.83. The van der Waals surface area contributed by atoms with Gasteiger partial charge >= 0.3 is 0 Å². The molecular weight excluding hydrogens is 212 g/mol. The van der Waals surface area contributed by atoms with Crippen molar-refractivity contribution < 1.29 is 0 Å². The number of nitrogens with zero attached hydrogens (tertiary/aromatic N) is 2. The van der Waals surface area contributed by atoms with Gasteiger partial charge in [0.1, 0.15) is 0 Å². The molecule has 1 aliphatic heterocycles. The lowest BCUT2D eigenvalue weighted by Crippen LogP contribution is -2.33. The molecule has 0 aromatic rings. The quantitative estimate of drug-likeness (QED) is 0.402. The Kier molecular flexibility index (Phi) is 7.01. The Morgan fingerprint density at radius 3 is 2.88 bits per heavy atom. The molecule has 1 atom stereocenters. The Hall–Kier alpha value is -0.770. The number of unbranched alkanes of at least 4 members (excludes halogenated alkanes) is 3. The second-order valence-corrected chi connectivity index (χ2v) is 5.13. The molecule has 4 heteroatoms. The standard InChI is InChI=1S/C13H28N4/c1-3-4-5-6-8-15-13(14)16-10-12-7-9-17(2)11-12/h12H,3-11H2,1-2H3,(H3,14,15,16). The van der Waals surface area contributed by atoms with Gasteiger partial charge in [-0.2, -0.15) is 0 Å². The Labute approximate surface area is 106 Å². The zero-order valence-electron chi connectivity index (χ0n) is 11.4. The van der Waals surface area contributed by atoms with Crippen LogP contribution in [0.1, 0.15) is 39.0 Å². The van der Waals surface area contributed by atoms with Crippen molar-refractivity contribution >= 4 is 5.96 Å². The van der Waals surface area contributed by atoms with Gasteiger partial charge in [0.25, 0.3) is 0 Å². The van der Waals surface area contributed by atoms with E-state index in [1.54, 1.807) is 0 Å². The monoisotopic (exact) mass is 240 g/mol. The number of nitrogens with one attached hydrogen (secondary N) is 1. The highest BCUT2D eigenvalue weighted by Crippen LogP contribution is 2.13. The van der Waals surface area contributed by atoms with Gasteiger partial charge in [0, 0.05) is 19.6 Å². The maximum absolute atomic E-state index is 5.83. The lowest BCUT2D eigenvalue weighted by Gasteiger charge is -2.09. The van der Waals surface area contributed by atoms with Crippen LogP contribution in [-0.4, -0.2) is 44.1 Å². The average molecular weight is 240 g/mol. The summed E-state index contributed by atoms with van der Waals surface area (Å²) in [7, 11) is 2.17. The van der Waals surface area contributed by atoms with E-state index in [0.717, 1.165) is 19.6 Å². The van der Waals surface area contributed by atoms with Crippen molar-refractivity contribution in [1.29, 1.82) is 0 Å². The Morgan fingerprint density at radius 2 is 2.24 bits per heavy atom. The fourth-order valence-electron chi connectivity index (χ4n) is 2.23. The van der Waals surface area contributed by atoms with Crippen molar-refractivity contribution in [3.05, 3.63) is 0 Å². The van der Waals surface area contributed by atoms with E-state index in [9.17, 15) is 0 Å². The molecule has 1 aliphatic rings. The summed E-state index contributed by atoms with van der Waals surface area (Å²) >= 11 is 0. The molecule has 1 rings (SSSR count). The molecule has 1 fully saturated rings. The van der Waals surface area contributed by atoms with Crippen molar-refractivity contribution in [2.75, 3.05) is 33.2 Å². The minimum Gasteiger partial charge on any atom is -0.370 e. The summed E-state index contributed by atoms with van der Waals surface area (Å²) in [6, 6.07) is 0. The molecule has 1 saturated heterocycles. The largest absolute Gasteiger partial charge is 0.370 e. The van der Waals surface area contributed by atoms with Gasteiger partial charge in [0.05, 0.1) is 0 Å². The lowest BCUT2D eigenvalue weighted by molar-refractivity contribution is 0.397. The molecule has 100 valence electrons. The Bertz CT molecular complexity index is 227. The number of aliphatic imine (C=N–C) groups is 1. The van der Waals surface area contributed by atoms with Gasteiger partial charge in [-0.25, -0.2) is 0 Å². The highest BCUT2D eigenvalue weighted by molar-refractivity contribution is 5.77. The van der Waals surface area contributed by atoms with Crippen LogP contribution in [0.15, 0.2) is 4.99 Å². The van der Waals surface area contributed by atoms with Gasteiger partial charge in [-0.05, 0) is 32.4 Å². The van der Waals surface area contributed by atoms with Crippen molar-refractivity contribution in [3.8, 4) is 0 Å². The van der Waals surface area contributed by atoms with Crippen molar-refractivity contribution in [3.63, 3.8) is 0 Å². The predicted octanol–water partition coefficient (Wildman–Crippen LogP) is 1.42. The zero-order chi connectivity index (χ0) is 12.5. The summed E-state index contributed by atoms with van der Waals surface area (Å²) in [6.07, 6.45) is 6.32. The van der Waals surface area contributed by atoms with Crippen LogP contribution in [0, 0.1) is 5.92 Å². The van der Waals surface area contributed by atoms with E-state index in [0.29, 0.717) is 11.9 Å². The maximum Gasteiger partial charge on any atom is 0.188 e. The minimum absolute atomic E-state index is 0.621. The van der Waals surface area contributed by atoms with E-state index < -0.39 is 0 Å². The van der Waals surface area contributed by atoms with E-state index in [2.05, 4.69) is 29.2 Å². The van der Waals surface area contributed by atoms with Crippen LogP contribution in [0.5, 0.6) is 0 Å². The Morgan fingerprint density at radius 1 is 1.41 bits per heavy atom. The van der Waals surface area contributed by atoms with Gasteiger partial charge in [0.2, 0.25) is 0 Å². The van der Waals surface area contributed by atoms with Crippen LogP contribution >= 0.6 is 0 Å². The highest BCUT2D eigenvalue weighted by Gasteiger charge is 2.18. The molecule has 1 heterocycles. The smallest absolute Gasteiger partial charge is 0.188 e. The summed E-state index contributed by atoms with van der Waals surface area (Å²) in [4.78, 5) is 6.77. The third-order valence-electron chi connectivity index (χ3n) is 3.35.